The predicted octanol–water partition coefficient (Wildman–Crippen LogP) is 5.49. The average molecular weight is 357 g/mol. The Bertz CT molecular complexity index is 526. The number of halogens is 10. The topological polar surface area (TPSA) is 19.9 Å². The molecular formula is C12H7F10O. The first-order valence-electron chi connectivity index (χ1n) is 5.74. The van der Waals surface area contributed by atoms with Crippen LogP contribution in [0.3, 0.4) is 0 Å². The van der Waals surface area contributed by atoms with Gasteiger partial charge in [0.2, 0.25) is 0 Å². The second-order valence-corrected chi connectivity index (χ2v) is 4.55. The molecule has 0 fully saturated rings. The van der Waals surface area contributed by atoms with Crippen molar-refractivity contribution in [3.8, 4) is 0 Å². The minimum absolute atomic E-state index is 0.00677. The van der Waals surface area contributed by atoms with Gasteiger partial charge in [-0.05, 0) is 6.92 Å². The lowest BCUT2D eigenvalue weighted by Gasteiger charge is -2.28. The molecule has 0 aliphatic rings. The molecule has 0 spiro atoms. The van der Waals surface area contributed by atoms with Crippen molar-refractivity contribution in [1.29, 1.82) is 0 Å². The first-order valence-corrected chi connectivity index (χ1v) is 5.74. The van der Waals surface area contributed by atoms with Crippen molar-refractivity contribution in [3.05, 3.63) is 34.9 Å². The summed E-state index contributed by atoms with van der Waals surface area (Å²) in [6.45, 7) is 0.390. The van der Waals surface area contributed by atoms with Crippen LogP contribution >= 0.6 is 0 Å². The van der Waals surface area contributed by atoms with E-state index in [4.69, 9.17) is 0 Å². The summed E-state index contributed by atoms with van der Waals surface area (Å²) in [6, 6.07) is 0.163. The molecule has 0 saturated carbocycles. The molecule has 0 bridgehead atoms. The second-order valence-electron chi connectivity index (χ2n) is 4.55. The van der Waals surface area contributed by atoms with Gasteiger partial charge in [-0.15, -0.1) is 0 Å². The van der Waals surface area contributed by atoms with Crippen LogP contribution in [-0.2, 0) is 17.0 Å². The Morgan fingerprint density at radius 2 is 1.04 bits per heavy atom. The highest BCUT2D eigenvalue weighted by atomic mass is 19.4. The van der Waals surface area contributed by atoms with E-state index in [2.05, 4.69) is 0 Å². The summed E-state index contributed by atoms with van der Waals surface area (Å²) in [5, 5.41) is 11.3. The summed E-state index contributed by atoms with van der Waals surface area (Å²) in [4.78, 5) is 0. The zero-order chi connectivity index (χ0) is 18.4. The predicted molar refractivity (Wildman–Crippen MR) is 55.4 cm³/mol. The highest BCUT2D eigenvalue weighted by molar-refractivity contribution is 5.43. The second kappa shape index (κ2) is 5.53. The molecular weight excluding hydrogens is 350 g/mol. The quantitative estimate of drug-likeness (QED) is 0.638. The van der Waals surface area contributed by atoms with Crippen LogP contribution in [0.1, 0.15) is 29.7 Å². The highest BCUT2D eigenvalue weighted by Gasteiger charge is 2.63. The van der Waals surface area contributed by atoms with Crippen molar-refractivity contribution in [1.82, 2.24) is 0 Å². The van der Waals surface area contributed by atoms with Gasteiger partial charge in [0.05, 0.1) is 0 Å². The number of benzene rings is 1. The molecule has 0 heterocycles. The Morgan fingerprint density at radius 1 is 0.739 bits per heavy atom. The van der Waals surface area contributed by atoms with Crippen LogP contribution in [0.25, 0.3) is 0 Å². The number of rotatable bonds is 3. The maximum absolute atomic E-state index is 13.4. The first-order chi connectivity index (χ1) is 10.0. The molecule has 0 aliphatic heterocycles. The van der Waals surface area contributed by atoms with Crippen molar-refractivity contribution >= 4 is 0 Å². The van der Waals surface area contributed by atoms with E-state index in [0.717, 1.165) is 0 Å². The van der Waals surface area contributed by atoms with E-state index in [9.17, 15) is 49.0 Å². The van der Waals surface area contributed by atoms with Gasteiger partial charge in [0, 0.05) is 16.7 Å². The molecule has 0 saturated heterocycles. The van der Waals surface area contributed by atoms with Crippen LogP contribution in [0.4, 0.5) is 43.9 Å². The van der Waals surface area contributed by atoms with Gasteiger partial charge in [0.15, 0.2) is 0 Å². The molecule has 1 nitrogen and oxygen atoms in total. The molecule has 0 aliphatic carbocycles. The number of alkyl halides is 10. The smallest absolute Gasteiger partial charge is 0.228 e. The van der Waals surface area contributed by atoms with Crippen LogP contribution in [0.2, 0.25) is 0 Å². The summed E-state index contributed by atoms with van der Waals surface area (Å²) in [5.41, 5.74) is -6.39. The lowest BCUT2D eigenvalue weighted by atomic mass is 9.89. The maximum atomic E-state index is 13.4. The zero-order valence-corrected chi connectivity index (χ0v) is 11.0. The molecule has 0 N–H and O–H groups in total. The van der Waals surface area contributed by atoms with Gasteiger partial charge in [0.1, 0.15) is 6.10 Å². The van der Waals surface area contributed by atoms with Gasteiger partial charge in [-0.2, -0.15) is 43.9 Å². The van der Waals surface area contributed by atoms with Crippen molar-refractivity contribution < 1.29 is 49.0 Å². The molecule has 23 heavy (non-hydrogen) atoms. The fraction of sp³-hybridized carbons (Fsp3) is 0.500. The largest absolute Gasteiger partial charge is 0.458 e. The van der Waals surface area contributed by atoms with Crippen LogP contribution in [0, 0.1) is 0 Å². The number of hydrogen-bond donors (Lipinski definition) is 0. The maximum Gasteiger partial charge on any atom is 0.458 e. The van der Waals surface area contributed by atoms with Crippen molar-refractivity contribution in [3.63, 3.8) is 0 Å². The van der Waals surface area contributed by atoms with Gasteiger partial charge in [-0.1, -0.05) is 18.2 Å². The molecule has 1 unspecified atom stereocenters. The summed E-state index contributed by atoms with van der Waals surface area (Å²) in [5.74, 6) is -11.5. The van der Waals surface area contributed by atoms with Crippen molar-refractivity contribution in [2.24, 2.45) is 0 Å². The number of hydrogen-bond acceptors (Lipinski definition) is 0. The molecule has 1 aromatic carbocycles. The minimum Gasteiger partial charge on any atom is -0.228 e. The third-order valence-electron chi connectivity index (χ3n) is 2.90. The zero-order valence-electron chi connectivity index (χ0n) is 11.0. The standard InChI is InChI=1S/C12H7F10O/c1-5(23)8-6(9(13,14)11(17,18)19)3-2-4-7(8)10(15,16)12(20,21)22/h2-5H,1H3. The van der Waals surface area contributed by atoms with Gasteiger partial charge >= 0.3 is 24.2 Å². The Morgan fingerprint density at radius 3 is 1.26 bits per heavy atom. The third kappa shape index (κ3) is 3.24. The van der Waals surface area contributed by atoms with Crippen LogP contribution in [0.15, 0.2) is 18.2 Å². The molecule has 0 aromatic heterocycles. The summed E-state index contributed by atoms with van der Waals surface area (Å²) in [6.07, 6.45) is -15.2. The fourth-order valence-corrected chi connectivity index (χ4v) is 1.86. The first kappa shape index (κ1) is 19.5. The Hall–Kier alpha value is -1.52. The van der Waals surface area contributed by atoms with E-state index in [0.29, 0.717) is 6.92 Å². The van der Waals surface area contributed by atoms with E-state index in [1.165, 1.54) is 0 Å². The third-order valence-corrected chi connectivity index (χ3v) is 2.90. The van der Waals surface area contributed by atoms with Gasteiger partial charge < -0.3 is 0 Å². The average Bonchev–Trinajstić information content (AvgIpc) is 2.34. The van der Waals surface area contributed by atoms with Crippen LogP contribution in [0.5, 0.6) is 0 Å². The normalized spacial score (nSPS) is 15.7. The minimum atomic E-state index is -6.28. The summed E-state index contributed by atoms with van der Waals surface area (Å²) >= 11 is 0. The summed E-state index contributed by atoms with van der Waals surface area (Å²) in [7, 11) is 0. The van der Waals surface area contributed by atoms with Gasteiger partial charge in [0.25, 0.3) is 0 Å². The van der Waals surface area contributed by atoms with E-state index in [1.807, 2.05) is 0 Å². The molecule has 11 heteroatoms. The SMILES string of the molecule is CC([O])c1c(C(F)(F)C(F)(F)F)cccc1C(F)(F)C(F)(F)F. The van der Waals surface area contributed by atoms with Gasteiger partial charge in [-0.3, -0.25) is 0 Å². The Balaban J connectivity index is 3.77. The van der Waals surface area contributed by atoms with Crippen molar-refractivity contribution in [2.45, 2.75) is 37.2 Å². The van der Waals surface area contributed by atoms with Gasteiger partial charge in [-0.25, -0.2) is 5.11 Å². The summed E-state index contributed by atoms with van der Waals surface area (Å²) < 4.78 is 128. The lowest BCUT2D eigenvalue weighted by Crippen LogP contribution is -2.38. The van der Waals surface area contributed by atoms with E-state index >= 15 is 0 Å². The molecule has 0 amide bonds. The Kier molecular flexibility index (Phi) is 4.70. The molecule has 131 valence electrons. The van der Waals surface area contributed by atoms with E-state index in [1.54, 1.807) is 0 Å². The fourth-order valence-electron chi connectivity index (χ4n) is 1.86. The van der Waals surface area contributed by atoms with E-state index < -0.39 is 47.0 Å². The molecule has 1 aromatic rings. The highest BCUT2D eigenvalue weighted by Crippen LogP contribution is 2.51. The van der Waals surface area contributed by atoms with Crippen molar-refractivity contribution in [2.75, 3.05) is 0 Å². The van der Waals surface area contributed by atoms with Crippen LogP contribution < -0.4 is 0 Å². The lowest BCUT2D eigenvalue weighted by molar-refractivity contribution is -0.293. The molecule has 1 atom stereocenters. The monoisotopic (exact) mass is 357 g/mol. The van der Waals surface area contributed by atoms with E-state index in [-0.39, 0.29) is 18.2 Å². The van der Waals surface area contributed by atoms with Crippen LogP contribution in [-0.4, -0.2) is 12.4 Å². The Labute approximate surface area is 122 Å². The molecule has 1 rings (SSSR count). The molecule has 1 radical (unpaired) electrons.